The third kappa shape index (κ3) is 2.73. The lowest BCUT2D eigenvalue weighted by molar-refractivity contribution is -0.138. The van der Waals surface area contributed by atoms with Gasteiger partial charge in [-0.15, -0.1) is 0 Å². The van der Waals surface area contributed by atoms with E-state index in [1.807, 2.05) is 18.2 Å². The summed E-state index contributed by atoms with van der Waals surface area (Å²) in [6.07, 6.45) is 0.650. The van der Waals surface area contributed by atoms with E-state index < -0.39 is 12.0 Å². The Labute approximate surface area is 115 Å². The highest BCUT2D eigenvalue weighted by atomic mass is 16.4. The molecule has 0 radical (unpaired) electrons. The number of nitrogens with one attached hydrogen (secondary N) is 1. The molecule has 0 saturated heterocycles. The van der Waals surface area contributed by atoms with E-state index in [9.17, 15) is 9.59 Å². The Morgan fingerprint density at radius 3 is 2.75 bits per heavy atom. The number of hydrogen-bond donors (Lipinski definition) is 4. The van der Waals surface area contributed by atoms with Crippen LogP contribution in [0.4, 0.5) is 0 Å². The highest BCUT2D eigenvalue weighted by Gasteiger charge is 2.22. The molecule has 2 rings (SSSR count). The first-order valence-corrected chi connectivity index (χ1v) is 6.42. The van der Waals surface area contributed by atoms with Crippen molar-refractivity contribution in [3.05, 3.63) is 34.7 Å². The molecule has 6 N–H and O–H groups in total. The van der Waals surface area contributed by atoms with Gasteiger partial charge in [0.2, 0.25) is 0 Å². The monoisotopic (exact) mass is 278 g/mol. The molecule has 0 aliphatic heterocycles. The molecule has 0 fully saturated rings. The number of nitrogens with zero attached hydrogens (tertiary/aromatic N) is 1. The fraction of sp³-hybridized carbons (Fsp3) is 0.385. The Balaban J connectivity index is 2.43. The van der Waals surface area contributed by atoms with E-state index in [0.29, 0.717) is 18.5 Å². The fourth-order valence-electron chi connectivity index (χ4n) is 2.38. The molecule has 0 aliphatic rings. The first kappa shape index (κ1) is 14.3. The molecule has 1 heterocycles. The number of fused-ring (bicyclic) bond motifs is 1. The predicted octanol–water partition coefficient (Wildman–Crippen LogP) is 0.0215. The smallest absolute Gasteiger partial charge is 0.326 e. The van der Waals surface area contributed by atoms with Gasteiger partial charge in [0.15, 0.2) is 0 Å². The van der Waals surface area contributed by atoms with Crippen molar-refractivity contribution in [2.75, 3.05) is 6.54 Å². The number of hydrogen-bond acceptors (Lipinski definition) is 4. The molecule has 0 saturated carbocycles. The standard InChI is InChI=1S/C13H18N4O3/c14-6-5-8(7-9(15)12(18)19)17-11-4-2-1-3-10(11)16-13(17)20/h1-4,8-9H,5-7,14-15H2,(H,16,20)(H,18,19)/t8?,9-/m0/s1. The van der Waals surface area contributed by atoms with Gasteiger partial charge < -0.3 is 21.6 Å². The van der Waals surface area contributed by atoms with Gasteiger partial charge in [0.05, 0.1) is 11.0 Å². The highest BCUT2D eigenvalue weighted by Crippen LogP contribution is 2.21. The zero-order valence-electron chi connectivity index (χ0n) is 11.0. The molecule has 0 bridgehead atoms. The number of rotatable bonds is 6. The topological polar surface area (TPSA) is 127 Å². The molecule has 0 spiro atoms. The summed E-state index contributed by atoms with van der Waals surface area (Å²) in [5.74, 6) is -1.08. The molecule has 0 amide bonds. The number of aromatic amines is 1. The Bertz CT molecular complexity index is 661. The number of imidazole rings is 1. The van der Waals surface area contributed by atoms with Gasteiger partial charge in [0.1, 0.15) is 6.04 Å². The molecule has 20 heavy (non-hydrogen) atoms. The zero-order valence-corrected chi connectivity index (χ0v) is 11.0. The van der Waals surface area contributed by atoms with Crippen LogP contribution in [0.1, 0.15) is 18.9 Å². The number of benzene rings is 1. The second-order valence-corrected chi connectivity index (χ2v) is 4.73. The Hall–Kier alpha value is -2.12. The van der Waals surface area contributed by atoms with E-state index >= 15 is 0 Å². The predicted molar refractivity (Wildman–Crippen MR) is 75.5 cm³/mol. The van der Waals surface area contributed by atoms with Gasteiger partial charge in [0, 0.05) is 6.04 Å². The van der Waals surface area contributed by atoms with E-state index in [2.05, 4.69) is 4.98 Å². The van der Waals surface area contributed by atoms with Crippen LogP contribution in [0.5, 0.6) is 0 Å². The number of H-pyrrole nitrogens is 1. The SMILES string of the molecule is NCCC(C[C@H](N)C(=O)O)n1c(=O)[nH]c2ccccc21. The maximum atomic E-state index is 12.1. The first-order valence-electron chi connectivity index (χ1n) is 6.42. The van der Waals surface area contributed by atoms with Gasteiger partial charge in [-0.25, -0.2) is 4.79 Å². The zero-order chi connectivity index (χ0) is 14.7. The van der Waals surface area contributed by atoms with Gasteiger partial charge in [0.25, 0.3) is 0 Å². The molecule has 108 valence electrons. The van der Waals surface area contributed by atoms with Crippen LogP contribution in [0.25, 0.3) is 11.0 Å². The van der Waals surface area contributed by atoms with Crippen molar-refractivity contribution in [1.82, 2.24) is 9.55 Å². The van der Waals surface area contributed by atoms with Crippen molar-refractivity contribution in [3.63, 3.8) is 0 Å². The summed E-state index contributed by atoms with van der Waals surface area (Å²) in [6, 6.07) is 5.89. The van der Waals surface area contributed by atoms with E-state index in [1.165, 1.54) is 0 Å². The third-order valence-electron chi connectivity index (χ3n) is 3.33. The van der Waals surface area contributed by atoms with Crippen LogP contribution in [0.3, 0.4) is 0 Å². The molecule has 1 aromatic carbocycles. The molecule has 0 aliphatic carbocycles. The number of aliphatic carboxylic acids is 1. The summed E-state index contributed by atoms with van der Waals surface area (Å²) in [5.41, 5.74) is 12.3. The number of aromatic nitrogens is 2. The second kappa shape index (κ2) is 5.89. The van der Waals surface area contributed by atoms with Gasteiger partial charge in [-0.2, -0.15) is 0 Å². The number of para-hydroxylation sites is 2. The Morgan fingerprint density at radius 2 is 2.10 bits per heavy atom. The Kier molecular flexibility index (Phi) is 4.21. The Morgan fingerprint density at radius 1 is 1.40 bits per heavy atom. The van der Waals surface area contributed by atoms with Crippen molar-refractivity contribution >= 4 is 17.0 Å². The summed E-state index contributed by atoms with van der Waals surface area (Å²) < 4.78 is 1.55. The van der Waals surface area contributed by atoms with Crippen LogP contribution in [-0.2, 0) is 4.79 Å². The van der Waals surface area contributed by atoms with Crippen LogP contribution in [0.2, 0.25) is 0 Å². The summed E-state index contributed by atoms with van der Waals surface area (Å²) >= 11 is 0. The van der Waals surface area contributed by atoms with Crippen LogP contribution in [0.15, 0.2) is 29.1 Å². The van der Waals surface area contributed by atoms with Crippen LogP contribution >= 0.6 is 0 Å². The molecule has 7 heteroatoms. The molecule has 2 aromatic rings. The van der Waals surface area contributed by atoms with Crippen molar-refractivity contribution < 1.29 is 9.90 Å². The summed E-state index contributed by atoms with van der Waals surface area (Å²) in [5, 5.41) is 8.93. The average molecular weight is 278 g/mol. The van der Waals surface area contributed by atoms with Crippen LogP contribution in [0, 0.1) is 0 Å². The normalized spacial score (nSPS) is 14.3. The minimum absolute atomic E-state index is 0.161. The van der Waals surface area contributed by atoms with Crippen molar-refractivity contribution in [2.24, 2.45) is 11.5 Å². The fourth-order valence-corrected chi connectivity index (χ4v) is 2.38. The number of nitrogens with two attached hydrogens (primary N) is 2. The largest absolute Gasteiger partial charge is 0.480 e. The van der Waals surface area contributed by atoms with E-state index in [-0.39, 0.29) is 18.2 Å². The van der Waals surface area contributed by atoms with E-state index in [0.717, 1.165) is 5.52 Å². The lowest BCUT2D eigenvalue weighted by Gasteiger charge is -2.20. The molecular formula is C13H18N4O3. The number of carboxylic acid groups (broad SMARTS) is 1. The maximum Gasteiger partial charge on any atom is 0.326 e. The van der Waals surface area contributed by atoms with Crippen molar-refractivity contribution in [3.8, 4) is 0 Å². The number of carboxylic acids is 1. The summed E-state index contributed by atoms with van der Waals surface area (Å²) in [7, 11) is 0. The molecular weight excluding hydrogens is 260 g/mol. The second-order valence-electron chi connectivity index (χ2n) is 4.73. The van der Waals surface area contributed by atoms with Crippen molar-refractivity contribution in [2.45, 2.75) is 24.9 Å². The van der Waals surface area contributed by atoms with E-state index in [1.54, 1.807) is 10.6 Å². The highest BCUT2D eigenvalue weighted by molar-refractivity contribution is 5.75. The van der Waals surface area contributed by atoms with Gasteiger partial charge in [-0.05, 0) is 31.5 Å². The van der Waals surface area contributed by atoms with Gasteiger partial charge in [-0.1, -0.05) is 12.1 Å². The minimum Gasteiger partial charge on any atom is -0.480 e. The summed E-state index contributed by atoms with van der Waals surface area (Å²) in [4.78, 5) is 25.7. The molecule has 7 nitrogen and oxygen atoms in total. The quantitative estimate of drug-likeness (QED) is 0.592. The summed E-state index contributed by atoms with van der Waals surface area (Å²) in [6.45, 7) is 0.350. The van der Waals surface area contributed by atoms with Crippen LogP contribution in [-0.4, -0.2) is 33.2 Å². The first-order chi connectivity index (χ1) is 9.54. The number of carbonyl (C=O) groups is 1. The maximum absolute atomic E-state index is 12.1. The lowest BCUT2D eigenvalue weighted by atomic mass is 10.0. The lowest BCUT2D eigenvalue weighted by Crippen LogP contribution is -2.35. The molecule has 1 aromatic heterocycles. The average Bonchev–Trinajstić information content (AvgIpc) is 2.73. The van der Waals surface area contributed by atoms with Crippen LogP contribution < -0.4 is 17.2 Å². The third-order valence-corrected chi connectivity index (χ3v) is 3.33. The van der Waals surface area contributed by atoms with Gasteiger partial charge in [-0.3, -0.25) is 9.36 Å². The van der Waals surface area contributed by atoms with Crippen molar-refractivity contribution in [1.29, 1.82) is 0 Å². The molecule has 2 atom stereocenters. The van der Waals surface area contributed by atoms with E-state index in [4.69, 9.17) is 16.6 Å². The minimum atomic E-state index is -1.08. The van der Waals surface area contributed by atoms with Gasteiger partial charge >= 0.3 is 11.7 Å². The molecule has 1 unspecified atom stereocenters.